The van der Waals surface area contributed by atoms with Gasteiger partial charge >= 0.3 is 0 Å². The summed E-state index contributed by atoms with van der Waals surface area (Å²) in [4.78, 5) is 0. The van der Waals surface area contributed by atoms with Gasteiger partial charge in [0, 0.05) is 30.9 Å². The molecule has 0 radical (unpaired) electrons. The van der Waals surface area contributed by atoms with E-state index >= 15 is 0 Å². The van der Waals surface area contributed by atoms with Gasteiger partial charge in [-0.3, -0.25) is 4.68 Å². The third-order valence-corrected chi connectivity index (χ3v) is 2.25. The average molecular weight is 183 g/mol. The van der Waals surface area contributed by atoms with Gasteiger partial charge in [-0.05, 0) is 13.8 Å². The van der Waals surface area contributed by atoms with Gasteiger partial charge in [-0.15, -0.1) is 0 Å². The van der Waals surface area contributed by atoms with Crippen LogP contribution < -0.4 is 5.32 Å². The molecule has 1 rings (SSSR count). The fourth-order valence-corrected chi connectivity index (χ4v) is 1.07. The third kappa shape index (κ3) is 2.54. The fourth-order valence-electron chi connectivity index (χ4n) is 1.07. The number of nitrogens with zero attached hydrogens (tertiary/aromatic N) is 2. The Hall–Kier alpha value is -0.870. The van der Waals surface area contributed by atoms with Gasteiger partial charge in [0.1, 0.15) is 0 Å². The van der Waals surface area contributed by atoms with E-state index in [1.165, 1.54) is 5.56 Å². The lowest BCUT2D eigenvalue weighted by Gasteiger charge is -2.09. The van der Waals surface area contributed by atoms with Crippen molar-refractivity contribution in [3.8, 4) is 0 Å². The lowest BCUT2D eigenvalue weighted by molar-refractivity contribution is 0.251. The third-order valence-electron chi connectivity index (χ3n) is 2.25. The van der Waals surface area contributed by atoms with Crippen LogP contribution in [0.1, 0.15) is 18.2 Å². The lowest BCUT2D eigenvalue weighted by Crippen LogP contribution is -2.28. The molecule has 74 valence electrons. The quantitative estimate of drug-likeness (QED) is 0.701. The number of rotatable bonds is 4. The monoisotopic (exact) mass is 183 g/mol. The smallest absolute Gasteiger partial charge is 0.0582 e. The summed E-state index contributed by atoms with van der Waals surface area (Å²) < 4.78 is 1.85. The number of hydrogen-bond donors (Lipinski definition) is 2. The van der Waals surface area contributed by atoms with Gasteiger partial charge in [-0.1, -0.05) is 0 Å². The van der Waals surface area contributed by atoms with Crippen LogP contribution in [-0.4, -0.2) is 27.5 Å². The molecule has 1 atom stereocenters. The van der Waals surface area contributed by atoms with Crippen molar-refractivity contribution in [2.75, 3.05) is 6.61 Å². The Balaban J connectivity index is 2.50. The van der Waals surface area contributed by atoms with Crippen molar-refractivity contribution in [3.05, 3.63) is 17.5 Å². The normalized spacial score (nSPS) is 13.2. The molecule has 13 heavy (non-hydrogen) atoms. The van der Waals surface area contributed by atoms with Gasteiger partial charge in [-0.25, -0.2) is 0 Å². The Morgan fingerprint density at radius 1 is 1.69 bits per heavy atom. The highest BCUT2D eigenvalue weighted by molar-refractivity contribution is 5.15. The van der Waals surface area contributed by atoms with Crippen molar-refractivity contribution in [3.63, 3.8) is 0 Å². The highest BCUT2D eigenvalue weighted by atomic mass is 16.3. The molecular formula is C9H17N3O. The molecule has 0 saturated carbocycles. The van der Waals surface area contributed by atoms with Crippen LogP contribution in [-0.2, 0) is 13.6 Å². The second-order valence-corrected chi connectivity index (χ2v) is 3.34. The lowest BCUT2D eigenvalue weighted by atomic mass is 10.2. The molecule has 0 aliphatic rings. The molecule has 0 unspecified atom stereocenters. The minimum atomic E-state index is 0.139. The Morgan fingerprint density at radius 2 is 2.38 bits per heavy atom. The predicted octanol–water partition coefficient (Wildman–Crippen LogP) is 0.199. The van der Waals surface area contributed by atoms with E-state index in [1.807, 2.05) is 31.8 Å². The topological polar surface area (TPSA) is 50.1 Å². The molecule has 1 aromatic rings. The van der Waals surface area contributed by atoms with Crippen molar-refractivity contribution in [2.24, 2.45) is 7.05 Å². The molecule has 0 aliphatic heterocycles. The van der Waals surface area contributed by atoms with E-state index in [0.717, 1.165) is 12.2 Å². The summed E-state index contributed by atoms with van der Waals surface area (Å²) in [6.45, 7) is 4.92. The number of aliphatic hydroxyl groups is 1. The van der Waals surface area contributed by atoms with Crippen LogP contribution in [0.5, 0.6) is 0 Å². The van der Waals surface area contributed by atoms with Gasteiger partial charge in [-0.2, -0.15) is 5.10 Å². The van der Waals surface area contributed by atoms with Gasteiger partial charge in [0.05, 0.1) is 12.8 Å². The van der Waals surface area contributed by atoms with Crippen LogP contribution in [0.4, 0.5) is 0 Å². The van der Waals surface area contributed by atoms with E-state index < -0.39 is 0 Å². The molecule has 0 fully saturated rings. The second-order valence-electron chi connectivity index (χ2n) is 3.34. The maximum atomic E-state index is 8.80. The maximum absolute atomic E-state index is 8.80. The SMILES string of the molecule is Cc1c(CN[C@H](C)CO)cnn1C. The summed E-state index contributed by atoms with van der Waals surface area (Å²) in [6, 6.07) is 0.139. The van der Waals surface area contributed by atoms with Crippen LogP contribution in [0.15, 0.2) is 6.20 Å². The first-order chi connectivity index (χ1) is 6.15. The Bertz CT molecular complexity index is 270. The maximum Gasteiger partial charge on any atom is 0.0582 e. The zero-order chi connectivity index (χ0) is 9.84. The van der Waals surface area contributed by atoms with E-state index in [9.17, 15) is 0 Å². The molecule has 0 bridgehead atoms. The number of hydrogen-bond acceptors (Lipinski definition) is 3. The summed E-state index contributed by atoms with van der Waals surface area (Å²) in [7, 11) is 1.92. The Kier molecular flexibility index (Phi) is 3.45. The summed E-state index contributed by atoms with van der Waals surface area (Å²) in [5, 5.41) is 16.1. The van der Waals surface area contributed by atoms with Gasteiger partial charge in [0.25, 0.3) is 0 Å². The summed E-state index contributed by atoms with van der Waals surface area (Å²) in [6.07, 6.45) is 1.85. The molecule has 2 N–H and O–H groups in total. The molecule has 1 heterocycles. The van der Waals surface area contributed by atoms with E-state index in [1.54, 1.807) is 0 Å². The van der Waals surface area contributed by atoms with Crippen LogP contribution in [0.2, 0.25) is 0 Å². The van der Waals surface area contributed by atoms with Crippen molar-refractivity contribution < 1.29 is 5.11 Å². The number of aliphatic hydroxyl groups excluding tert-OH is 1. The first kappa shape index (κ1) is 10.2. The number of nitrogens with one attached hydrogen (secondary N) is 1. The minimum Gasteiger partial charge on any atom is -0.395 e. The van der Waals surface area contributed by atoms with Crippen molar-refractivity contribution in [2.45, 2.75) is 26.4 Å². The van der Waals surface area contributed by atoms with Crippen molar-refractivity contribution >= 4 is 0 Å². The molecule has 0 aliphatic carbocycles. The summed E-state index contributed by atoms with van der Waals surface area (Å²) in [5.74, 6) is 0. The molecule has 0 spiro atoms. The van der Waals surface area contributed by atoms with E-state index in [0.29, 0.717) is 0 Å². The first-order valence-electron chi connectivity index (χ1n) is 4.47. The largest absolute Gasteiger partial charge is 0.395 e. The van der Waals surface area contributed by atoms with Gasteiger partial charge < -0.3 is 10.4 Å². The Morgan fingerprint density at radius 3 is 2.85 bits per heavy atom. The van der Waals surface area contributed by atoms with Crippen LogP contribution in [0.3, 0.4) is 0 Å². The molecule has 4 heteroatoms. The Labute approximate surface area is 78.6 Å². The highest BCUT2D eigenvalue weighted by Crippen LogP contribution is 2.04. The zero-order valence-electron chi connectivity index (χ0n) is 8.41. The van der Waals surface area contributed by atoms with E-state index in [2.05, 4.69) is 10.4 Å². The molecule has 1 aromatic heterocycles. The van der Waals surface area contributed by atoms with E-state index in [4.69, 9.17) is 5.11 Å². The summed E-state index contributed by atoms with van der Waals surface area (Å²) in [5.41, 5.74) is 2.35. The second kappa shape index (κ2) is 4.39. The van der Waals surface area contributed by atoms with Crippen LogP contribution in [0.25, 0.3) is 0 Å². The van der Waals surface area contributed by atoms with Crippen LogP contribution in [0, 0.1) is 6.92 Å². The van der Waals surface area contributed by atoms with Crippen LogP contribution >= 0.6 is 0 Å². The van der Waals surface area contributed by atoms with Gasteiger partial charge in [0.15, 0.2) is 0 Å². The molecule has 0 amide bonds. The molecule has 4 nitrogen and oxygen atoms in total. The first-order valence-corrected chi connectivity index (χ1v) is 4.47. The summed E-state index contributed by atoms with van der Waals surface area (Å²) >= 11 is 0. The highest BCUT2D eigenvalue weighted by Gasteiger charge is 2.04. The predicted molar refractivity (Wildman–Crippen MR) is 51.3 cm³/mol. The van der Waals surface area contributed by atoms with Crippen molar-refractivity contribution in [1.82, 2.24) is 15.1 Å². The zero-order valence-corrected chi connectivity index (χ0v) is 8.41. The van der Waals surface area contributed by atoms with Gasteiger partial charge in [0.2, 0.25) is 0 Å². The number of aromatic nitrogens is 2. The molecule has 0 aromatic carbocycles. The minimum absolute atomic E-state index is 0.139. The molecule has 0 saturated heterocycles. The molecular weight excluding hydrogens is 166 g/mol. The standard InChI is InChI=1S/C9H17N3O/c1-7(6-13)10-4-9-5-11-12(3)8(9)2/h5,7,10,13H,4,6H2,1-3H3/t7-/m1/s1. The fraction of sp³-hybridized carbons (Fsp3) is 0.667. The van der Waals surface area contributed by atoms with E-state index in [-0.39, 0.29) is 12.6 Å². The average Bonchev–Trinajstić information content (AvgIpc) is 2.44. The van der Waals surface area contributed by atoms with Crippen molar-refractivity contribution in [1.29, 1.82) is 0 Å². The number of aryl methyl sites for hydroxylation is 1.